The van der Waals surface area contributed by atoms with Gasteiger partial charge in [0.25, 0.3) is 0 Å². The maximum absolute atomic E-state index is 11.0. The number of hydrogen-bond acceptors (Lipinski definition) is 7. The maximum atomic E-state index is 11.0. The second-order valence-corrected chi connectivity index (χ2v) is 6.86. The molecule has 1 heterocycles. The van der Waals surface area contributed by atoms with Crippen LogP contribution in [0.4, 0.5) is 5.69 Å². The van der Waals surface area contributed by atoms with Gasteiger partial charge in [-0.05, 0) is 27.9 Å². The predicted molar refractivity (Wildman–Crippen MR) is 106 cm³/mol. The molecule has 0 aliphatic carbocycles. The first kappa shape index (κ1) is 17.9. The van der Waals surface area contributed by atoms with Crippen molar-refractivity contribution in [2.75, 3.05) is 12.4 Å². The van der Waals surface area contributed by atoms with Crippen LogP contribution in [-0.4, -0.2) is 37.5 Å². The number of aromatic nitrogens is 4. The number of tetrazole rings is 1. The summed E-state index contributed by atoms with van der Waals surface area (Å²) in [5.74, 6) is 0.790. The van der Waals surface area contributed by atoms with Crippen molar-refractivity contribution < 1.29 is 9.66 Å². The fraction of sp³-hybridized carbons (Fsp3) is 0.105. The number of para-hydroxylation sites is 2. The third-order valence-electron chi connectivity index (χ3n) is 4.07. The summed E-state index contributed by atoms with van der Waals surface area (Å²) in [6.45, 7) is 0.290. The molecule has 0 aliphatic heterocycles. The minimum Gasteiger partial charge on any atom is -0.486 e. The summed E-state index contributed by atoms with van der Waals surface area (Å²) in [6, 6.07) is 20.3. The van der Waals surface area contributed by atoms with Crippen LogP contribution in [0.3, 0.4) is 0 Å². The van der Waals surface area contributed by atoms with E-state index in [9.17, 15) is 10.1 Å². The molecular formula is C19H15N5O3S. The first-order valence-corrected chi connectivity index (χ1v) is 9.48. The Kier molecular flexibility index (Phi) is 5.16. The predicted octanol–water partition coefficient (Wildman–Crippen LogP) is 3.89. The molecule has 1 aromatic heterocycles. The van der Waals surface area contributed by atoms with Crippen LogP contribution in [0.25, 0.3) is 16.5 Å². The number of ether oxygens (including phenoxy) is 1. The summed E-state index contributed by atoms with van der Waals surface area (Å²) in [6.07, 6.45) is 0. The van der Waals surface area contributed by atoms with E-state index in [2.05, 4.69) is 15.5 Å². The smallest absolute Gasteiger partial charge is 0.310 e. The van der Waals surface area contributed by atoms with Gasteiger partial charge in [0.05, 0.1) is 17.2 Å². The van der Waals surface area contributed by atoms with Crippen molar-refractivity contribution in [3.63, 3.8) is 0 Å². The molecule has 8 nitrogen and oxygen atoms in total. The topological polar surface area (TPSA) is 96.0 Å². The van der Waals surface area contributed by atoms with Gasteiger partial charge in [-0.25, -0.2) is 0 Å². The van der Waals surface area contributed by atoms with E-state index < -0.39 is 4.92 Å². The monoisotopic (exact) mass is 393 g/mol. The SMILES string of the molecule is O=[N+]([O-])c1ccccc1OCCSc1nnnn1-c1cccc2ccccc12. The van der Waals surface area contributed by atoms with Crippen LogP contribution in [0.5, 0.6) is 5.75 Å². The van der Waals surface area contributed by atoms with E-state index in [0.717, 1.165) is 16.5 Å². The minimum atomic E-state index is -0.455. The van der Waals surface area contributed by atoms with E-state index >= 15 is 0 Å². The number of fused-ring (bicyclic) bond motifs is 1. The van der Waals surface area contributed by atoms with Gasteiger partial charge >= 0.3 is 5.69 Å². The standard InChI is InChI=1S/C19H15N5O3S/c25-24(26)17-9-3-4-11-18(17)27-12-13-28-19-20-21-22-23(19)16-10-5-7-14-6-1-2-8-15(14)16/h1-11H,12-13H2. The zero-order valence-corrected chi connectivity index (χ0v) is 15.5. The van der Waals surface area contributed by atoms with Crippen LogP contribution in [0.1, 0.15) is 0 Å². The maximum Gasteiger partial charge on any atom is 0.310 e. The highest BCUT2D eigenvalue weighted by Crippen LogP contribution is 2.27. The molecule has 3 aromatic carbocycles. The van der Waals surface area contributed by atoms with Crippen LogP contribution in [0, 0.1) is 10.1 Å². The number of thioether (sulfide) groups is 1. The second-order valence-electron chi connectivity index (χ2n) is 5.79. The van der Waals surface area contributed by atoms with E-state index in [-0.39, 0.29) is 18.0 Å². The van der Waals surface area contributed by atoms with E-state index in [4.69, 9.17) is 4.74 Å². The van der Waals surface area contributed by atoms with Crippen molar-refractivity contribution in [2.45, 2.75) is 5.16 Å². The number of nitro groups is 1. The van der Waals surface area contributed by atoms with Crippen LogP contribution in [0.15, 0.2) is 71.9 Å². The fourth-order valence-corrected chi connectivity index (χ4v) is 3.53. The molecule has 0 N–H and O–H groups in total. The Morgan fingerprint density at radius 2 is 1.82 bits per heavy atom. The summed E-state index contributed by atoms with van der Waals surface area (Å²) in [4.78, 5) is 10.6. The molecule has 0 saturated carbocycles. The van der Waals surface area contributed by atoms with Gasteiger partial charge in [0.1, 0.15) is 0 Å². The van der Waals surface area contributed by atoms with Gasteiger partial charge in [0, 0.05) is 17.2 Å². The van der Waals surface area contributed by atoms with Crippen molar-refractivity contribution in [3.05, 3.63) is 76.8 Å². The first-order valence-electron chi connectivity index (χ1n) is 8.49. The Balaban J connectivity index is 1.47. The highest BCUT2D eigenvalue weighted by Gasteiger charge is 2.14. The van der Waals surface area contributed by atoms with Gasteiger partial charge in [-0.3, -0.25) is 10.1 Å². The normalized spacial score (nSPS) is 10.9. The summed E-state index contributed by atoms with van der Waals surface area (Å²) in [7, 11) is 0. The van der Waals surface area contributed by atoms with E-state index in [1.807, 2.05) is 42.5 Å². The molecule has 0 spiro atoms. The highest BCUT2D eigenvalue weighted by atomic mass is 32.2. The average Bonchev–Trinajstić information content (AvgIpc) is 3.19. The van der Waals surface area contributed by atoms with Gasteiger partial charge < -0.3 is 4.74 Å². The molecule has 0 fully saturated rings. The molecule has 140 valence electrons. The zero-order chi connectivity index (χ0) is 19.3. The molecule has 0 saturated heterocycles. The van der Waals surface area contributed by atoms with Crippen LogP contribution < -0.4 is 4.74 Å². The Morgan fingerprint density at radius 3 is 2.71 bits per heavy atom. The zero-order valence-electron chi connectivity index (χ0n) is 14.6. The van der Waals surface area contributed by atoms with Crippen molar-refractivity contribution in [1.82, 2.24) is 20.2 Å². The fourth-order valence-electron chi connectivity index (χ4n) is 2.83. The Bertz CT molecular complexity index is 1130. The van der Waals surface area contributed by atoms with E-state index in [0.29, 0.717) is 10.9 Å². The molecule has 0 unspecified atom stereocenters. The van der Waals surface area contributed by atoms with Gasteiger partial charge in [-0.2, -0.15) is 4.68 Å². The lowest BCUT2D eigenvalue weighted by Gasteiger charge is -2.08. The quantitative estimate of drug-likeness (QED) is 0.203. The summed E-state index contributed by atoms with van der Waals surface area (Å²) in [5, 5.41) is 25.8. The van der Waals surface area contributed by atoms with Crippen LogP contribution in [-0.2, 0) is 0 Å². The largest absolute Gasteiger partial charge is 0.486 e. The number of benzene rings is 3. The highest BCUT2D eigenvalue weighted by molar-refractivity contribution is 7.99. The Morgan fingerprint density at radius 1 is 1.04 bits per heavy atom. The Hall–Kier alpha value is -3.46. The molecular weight excluding hydrogens is 378 g/mol. The van der Waals surface area contributed by atoms with Crippen molar-refractivity contribution in [2.24, 2.45) is 0 Å². The summed E-state index contributed by atoms with van der Waals surface area (Å²) < 4.78 is 7.26. The lowest BCUT2D eigenvalue weighted by Crippen LogP contribution is -2.05. The molecule has 0 aliphatic rings. The average molecular weight is 393 g/mol. The minimum absolute atomic E-state index is 0.0481. The molecule has 28 heavy (non-hydrogen) atoms. The molecule has 0 radical (unpaired) electrons. The van der Waals surface area contributed by atoms with Crippen LogP contribution in [0.2, 0.25) is 0 Å². The Labute approximate surface area is 164 Å². The van der Waals surface area contributed by atoms with Gasteiger partial charge in [0.15, 0.2) is 5.75 Å². The molecule has 0 bridgehead atoms. The van der Waals surface area contributed by atoms with Crippen molar-refractivity contribution in [3.8, 4) is 11.4 Å². The number of nitrogens with zero attached hydrogens (tertiary/aromatic N) is 5. The number of rotatable bonds is 7. The summed E-state index contributed by atoms with van der Waals surface area (Å²) >= 11 is 1.42. The van der Waals surface area contributed by atoms with E-state index in [1.54, 1.807) is 22.9 Å². The van der Waals surface area contributed by atoms with Gasteiger partial charge in [-0.15, -0.1) is 5.10 Å². The lowest BCUT2D eigenvalue weighted by molar-refractivity contribution is -0.385. The van der Waals surface area contributed by atoms with Crippen molar-refractivity contribution >= 4 is 28.2 Å². The van der Waals surface area contributed by atoms with Crippen LogP contribution >= 0.6 is 11.8 Å². The molecule has 0 amide bonds. The van der Waals surface area contributed by atoms with Gasteiger partial charge in [0.2, 0.25) is 5.16 Å². The van der Waals surface area contributed by atoms with Crippen molar-refractivity contribution in [1.29, 1.82) is 0 Å². The molecule has 0 atom stereocenters. The third kappa shape index (κ3) is 3.65. The second kappa shape index (κ2) is 8.05. The molecule has 9 heteroatoms. The first-order chi connectivity index (χ1) is 13.7. The number of nitro benzene ring substituents is 1. The van der Waals surface area contributed by atoms with E-state index in [1.165, 1.54) is 17.8 Å². The van der Waals surface area contributed by atoms with Gasteiger partial charge in [-0.1, -0.05) is 60.3 Å². The molecule has 4 aromatic rings. The molecule has 4 rings (SSSR count). The summed E-state index contributed by atoms with van der Waals surface area (Å²) in [5.41, 5.74) is 0.846. The third-order valence-corrected chi connectivity index (χ3v) is 4.95. The number of hydrogen-bond donors (Lipinski definition) is 0. The lowest BCUT2D eigenvalue weighted by atomic mass is 10.1.